The molecule has 130 valence electrons. The first-order valence-electron chi connectivity index (χ1n) is 9.04. The van der Waals surface area contributed by atoms with Gasteiger partial charge in [0.1, 0.15) is 5.75 Å². The van der Waals surface area contributed by atoms with Crippen LogP contribution in [0, 0.1) is 3.57 Å². The zero-order valence-corrected chi connectivity index (χ0v) is 16.7. The Morgan fingerprint density at radius 2 is 1.84 bits per heavy atom. The van der Waals surface area contributed by atoms with Crippen molar-refractivity contribution in [1.29, 1.82) is 0 Å². The molecule has 0 saturated heterocycles. The van der Waals surface area contributed by atoms with Crippen molar-refractivity contribution >= 4 is 33.5 Å². The van der Waals surface area contributed by atoms with Crippen LogP contribution in [0.2, 0.25) is 0 Å². The van der Waals surface area contributed by atoms with Crippen LogP contribution in [0.15, 0.2) is 36.4 Å². The molecule has 1 aliphatic rings. The Balaban J connectivity index is 1.89. The minimum atomic E-state index is 0.759. The third-order valence-corrected chi connectivity index (χ3v) is 5.95. The molecule has 0 saturated carbocycles. The zero-order chi connectivity index (χ0) is 17.2. The number of hydrogen-bond donors (Lipinski definition) is 2. The summed E-state index contributed by atoms with van der Waals surface area (Å²) in [7, 11) is 0. The van der Waals surface area contributed by atoms with Gasteiger partial charge in [0.25, 0.3) is 0 Å². The number of rotatable bonds is 4. The number of H-pyrrole nitrogens is 1. The van der Waals surface area contributed by atoms with E-state index in [1.165, 1.54) is 36.9 Å². The van der Waals surface area contributed by atoms with Gasteiger partial charge in [-0.15, -0.1) is 0 Å². The average molecular weight is 446 g/mol. The fourth-order valence-corrected chi connectivity index (χ4v) is 4.48. The van der Waals surface area contributed by atoms with Gasteiger partial charge in [0.05, 0.1) is 10.2 Å². The van der Waals surface area contributed by atoms with E-state index in [1.807, 2.05) is 0 Å². The normalized spacial score (nSPS) is 14.3. The second-order valence-corrected chi connectivity index (χ2v) is 7.61. The van der Waals surface area contributed by atoms with Crippen LogP contribution in [-0.4, -0.2) is 24.7 Å². The Labute approximate surface area is 162 Å². The molecule has 0 atom stereocenters. The highest BCUT2D eigenvalue weighted by Gasteiger charge is 2.19. The molecule has 0 radical (unpaired) electrons. The molecule has 1 aromatic heterocycles. The van der Waals surface area contributed by atoms with Crippen LogP contribution < -0.4 is 10.1 Å². The topological polar surface area (TPSA) is 37.0 Å². The van der Waals surface area contributed by atoms with Crippen molar-refractivity contribution in [3.63, 3.8) is 0 Å². The largest absolute Gasteiger partial charge is 0.492 e. The van der Waals surface area contributed by atoms with E-state index in [-0.39, 0.29) is 0 Å². The minimum absolute atomic E-state index is 0.759. The summed E-state index contributed by atoms with van der Waals surface area (Å²) >= 11 is 2.43. The van der Waals surface area contributed by atoms with E-state index in [9.17, 15) is 0 Å². The Morgan fingerprint density at radius 3 is 2.72 bits per heavy atom. The number of aromatic nitrogens is 1. The first-order chi connectivity index (χ1) is 12.3. The molecular formula is C21H23IN2O. The van der Waals surface area contributed by atoms with Crippen molar-refractivity contribution in [2.24, 2.45) is 0 Å². The molecule has 0 amide bonds. The molecule has 4 rings (SSSR count). The van der Waals surface area contributed by atoms with Gasteiger partial charge < -0.3 is 15.0 Å². The fraction of sp³-hybridized carbons (Fsp3) is 0.333. The number of fused-ring (bicyclic) bond motifs is 3. The molecule has 0 fully saturated rings. The zero-order valence-electron chi connectivity index (χ0n) is 14.5. The molecule has 3 aromatic rings. The van der Waals surface area contributed by atoms with E-state index in [2.05, 4.69) is 76.2 Å². The molecular weight excluding hydrogens is 423 g/mol. The van der Waals surface area contributed by atoms with Gasteiger partial charge in [-0.05, 0) is 70.8 Å². The van der Waals surface area contributed by atoms with Crippen LogP contribution in [0.1, 0.15) is 24.6 Å². The minimum Gasteiger partial charge on any atom is -0.492 e. The Kier molecular flexibility index (Phi) is 4.99. The van der Waals surface area contributed by atoms with Crippen molar-refractivity contribution < 1.29 is 4.74 Å². The number of nitrogens with one attached hydrogen (secondary N) is 2. The van der Waals surface area contributed by atoms with Crippen molar-refractivity contribution in [2.45, 2.75) is 26.2 Å². The summed E-state index contributed by atoms with van der Waals surface area (Å²) in [6.07, 6.45) is 3.17. The molecule has 0 bridgehead atoms. The fourth-order valence-electron chi connectivity index (χ4n) is 3.68. The van der Waals surface area contributed by atoms with Gasteiger partial charge in [-0.1, -0.05) is 31.2 Å². The molecule has 0 unspecified atom stereocenters. The number of aromatic amines is 1. The summed E-state index contributed by atoms with van der Waals surface area (Å²) in [6.45, 7) is 4.99. The average Bonchev–Trinajstić information content (AvgIpc) is 2.82. The Hall–Kier alpha value is -1.53. The summed E-state index contributed by atoms with van der Waals surface area (Å²) < 4.78 is 7.15. The molecule has 1 aliphatic heterocycles. The molecule has 0 spiro atoms. The van der Waals surface area contributed by atoms with Gasteiger partial charge in [0, 0.05) is 29.6 Å². The highest BCUT2D eigenvalue weighted by Crippen LogP contribution is 2.38. The quantitative estimate of drug-likeness (QED) is 0.559. The van der Waals surface area contributed by atoms with Crippen LogP contribution in [0.5, 0.6) is 5.75 Å². The van der Waals surface area contributed by atoms with Crippen LogP contribution in [0.3, 0.4) is 0 Å². The highest BCUT2D eigenvalue weighted by atomic mass is 127. The molecule has 3 nitrogen and oxygen atoms in total. The molecule has 4 heteroatoms. The second kappa shape index (κ2) is 7.38. The molecule has 2 heterocycles. The Morgan fingerprint density at radius 1 is 1.04 bits per heavy atom. The lowest BCUT2D eigenvalue weighted by atomic mass is 9.96. The van der Waals surface area contributed by atoms with Gasteiger partial charge >= 0.3 is 0 Å². The summed E-state index contributed by atoms with van der Waals surface area (Å²) in [6, 6.07) is 13.0. The van der Waals surface area contributed by atoms with Crippen LogP contribution in [-0.2, 0) is 12.8 Å². The second-order valence-electron chi connectivity index (χ2n) is 6.53. The van der Waals surface area contributed by atoms with E-state index < -0.39 is 0 Å². The number of ether oxygens (including phenoxy) is 1. The van der Waals surface area contributed by atoms with Gasteiger partial charge in [0.15, 0.2) is 0 Å². The maximum Gasteiger partial charge on any atom is 0.133 e. The van der Waals surface area contributed by atoms with E-state index in [4.69, 9.17) is 4.74 Å². The summed E-state index contributed by atoms with van der Waals surface area (Å²) in [5.41, 5.74) is 6.69. The van der Waals surface area contributed by atoms with E-state index in [0.29, 0.717) is 0 Å². The summed E-state index contributed by atoms with van der Waals surface area (Å²) in [5, 5.41) is 4.89. The first kappa shape index (κ1) is 16.9. The van der Waals surface area contributed by atoms with Crippen LogP contribution in [0.25, 0.3) is 22.0 Å². The SMILES string of the molecule is CCCOc1cccc(-c2cccc3[nH]c4c(c23)CCNCC4)c1I. The predicted octanol–water partition coefficient (Wildman–Crippen LogP) is 4.92. The lowest BCUT2D eigenvalue weighted by molar-refractivity contribution is 0.315. The lowest BCUT2D eigenvalue weighted by Crippen LogP contribution is -2.16. The summed E-state index contributed by atoms with van der Waals surface area (Å²) in [5.74, 6) is 0.986. The number of hydrogen-bond acceptors (Lipinski definition) is 2. The number of benzene rings is 2. The maximum atomic E-state index is 5.95. The molecule has 2 N–H and O–H groups in total. The third-order valence-electron chi connectivity index (χ3n) is 4.83. The molecule has 2 aromatic carbocycles. The van der Waals surface area contributed by atoms with Crippen molar-refractivity contribution in [3.8, 4) is 16.9 Å². The van der Waals surface area contributed by atoms with Gasteiger partial charge in [0.2, 0.25) is 0 Å². The van der Waals surface area contributed by atoms with Crippen molar-refractivity contribution in [3.05, 3.63) is 51.2 Å². The van der Waals surface area contributed by atoms with E-state index >= 15 is 0 Å². The highest BCUT2D eigenvalue weighted by molar-refractivity contribution is 14.1. The number of halogens is 1. The predicted molar refractivity (Wildman–Crippen MR) is 113 cm³/mol. The van der Waals surface area contributed by atoms with Crippen molar-refractivity contribution in [2.75, 3.05) is 19.7 Å². The monoisotopic (exact) mass is 446 g/mol. The third kappa shape index (κ3) is 3.17. The lowest BCUT2D eigenvalue weighted by Gasteiger charge is -2.13. The van der Waals surface area contributed by atoms with Crippen LogP contribution in [0.4, 0.5) is 0 Å². The van der Waals surface area contributed by atoms with Gasteiger partial charge in [-0.2, -0.15) is 0 Å². The van der Waals surface area contributed by atoms with E-state index in [1.54, 1.807) is 0 Å². The molecule has 0 aliphatic carbocycles. The molecule has 25 heavy (non-hydrogen) atoms. The maximum absolute atomic E-state index is 5.95. The first-order valence-corrected chi connectivity index (χ1v) is 10.1. The van der Waals surface area contributed by atoms with Gasteiger partial charge in [-0.25, -0.2) is 0 Å². The van der Waals surface area contributed by atoms with Gasteiger partial charge in [-0.3, -0.25) is 0 Å². The van der Waals surface area contributed by atoms with E-state index in [0.717, 1.165) is 44.7 Å². The van der Waals surface area contributed by atoms with Crippen LogP contribution >= 0.6 is 22.6 Å². The Bertz CT molecular complexity index is 900. The smallest absolute Gasteiger partial charge is 0.133 e. The standard InChI is InChI=1S/C21H23IN2O/c1-2-13-25-19-8-4-6-15(21(19)22)14-5-3-7-18-20(14)16-9-11-23-12-10-17(16)24-18/h3-8,23-24H,2,9-13H2,1H3. The van der Waals surface area contributed by atoms with Crippen molar-refractivity contribution in [1.82, 2.24) is 10.3 Å². The summed E-state index contributed by atoms with van der Waals surface area (Å²) in [4.78, 5) is 3.66.